The number of carbonyl (C=O) groups excluding carboxylic acids is 2. The van der Waals surface area contributed by atoms with E-state index in [2.05, 4.69) is 128 Å². The van der Waals surface area contributed by atoms with Gasteiger partial charge in [-0.2, -0.15) is 0 Å². The highest BCUT2D eigenvalue weighted by Gasteiger charge is 2.40. The molecule has 5 aromatic carbocycles. The number of carbonyl (C=O) groups is 2. The van der Waals surface area contributed by atoms with Crippen molar-refractivity contribution in [2.24, 2.45) is 17.8 Å². The summed E-state index contributed by atoms with van der Waals surface area (Å²) in [7, 11) is 0. The van der Waals surface area contributed by atoms with Crippen LogP contribution in [0.15, 0.2) is 105 Å². The Balaban J connectivity index is 1.20. The number of rotatable bonds is 14. The van der Waals surface area contributed by atoms with Gasteiger partial charge in [-0.25, -0.2) is 0 Å². The summed E-state index contributed by atoms with van der Waals surface area (Å²) in [6.45, 7) is 17.1. The number of phenols is 2. The van der Waals surface area contributed by atoms with E-state index in [9.17, 15) is 15.0 Å². The van der Waals surface area contributed by atoms with Crippen LogP contribution in [0.2, 0.25) is 0 Å². The first-order valence-corrected chi connectivity index (χ1v) is 24.3. The SMILES string of the molecule is CCCCCC1CCC(c2ccc(-c3ccc(Sc4cc(CC(C)C)c(O)c5c4C(=O)c4c(Sc6ccc(C(C)(C)C)cc6)cc(CC(C)C)c(O)c4C5=O)cc3)cc2)CC1. The quantitative estimate of drug-likeness (QED) is 0.106. The molecule has 4 nitrogen and oxygen atoms in total. The van der Waals surface area contributed by atoms with Crippen molar-refractivity contribution in [3.8, 4) is 22.6 Å². The molecule has 2 N–H and O–H groups in total. The second-order valence-electron chi connectivity index (χ2n) is 19.5. The van der Waals surface area contributed by atoms with Gasteiger partial charge in [0.25, 0.3) is 0 Å². The molecule has 1 fully saturated rings. The van der Waals surface area contributed by atoms with Crippen LogP contribution < -0.4 is 0 Å². The standard InChI is InChI=1S/C55H64O4S2/c1-9-10-11-12-35-13-15-36(16-14-35)37-17-19-38(20-18-37)39-21-25-43(26-22-39)60-45-31-40(29-33(2)3)51(56)49-47(45)53(58)48-46(61-44-27-23-42(24-28-44)55(6,7)8)32-41(30-34(4)5)52(57)50(48)54(49)59/h17-28,31-36,56-57H,9-16,29-30H2,1-8H3. The molecular weight excluding hydrogens is 789 g/mol. The second-order valence-corrected chi connectivity index (χ2v) is 21.7. The Hall–Kier alpha value is -4.26. The first-order chi connectivity index (χ1) is 29.1. The molecule has 2 aliphatic rings. The van der Waals surface area contributed by atoms with Gasteiger partial charge in [-0.05, 0) is 137 Å². The van der Waals surface area contributed by atoms with Gasteiger partial charge in [-0.3, -0.25) is 9.59 Å². The summed E-state index contributed by atoms with van der Waals surface area (Å²) >= 11 is 2.88. The number of ketones is 2. The summed E-state index contributed by atoms with van der Waals surface area (Å²) in [6.07, 6.45) is 11.7. The van der Waals surface area contributed by atoms with E-state index in [1.54, 1.807) is 0 Å². The van der Waals surface area contributed by atoms with E-state index in [1.165, 1.54) is 91.6 Å². The van der Waals surface area contributed by atoms with Gasteiger partial charge in [0.2, 0.25) is 5.78 Å². The van der Waals surface area contributed by atoms with Crippen molar-refractivity contribution >= 4 is 35.1 Å². The third-order valence-electron chi connectivity index (χ3n) is 12.7. The molecule has 7 rings (SSSR count). The highest BCUT2D eigenvalue weighted by Crippen LogP contribution is 2.49. The van der Waals surface area contributed by atoms with Crippen molar-refractivity contribution in [1.29, 1.82) is 0 Å². The summed E-state index contributed by atoms with van der Waals surface area (Å²) in [4.78, 5) is 33.0. The summed E-state index contributed by atoms with van der Waals surface area (Å²) in [5.41, 5.74) is 6.53. The van der Waals surface area contributed by atoms with Crippen LogP contribution in [0.4, 0.5) is 0 Å². The lowest BCUT2D eigenvalue weighted by molar-refractivity contribution is 0.0969. The fourth-order valence-corrected chi connectivity index (χ4v) is 11.4. The highest BCUT2D eigenvalue weighted by atomic mass is 32.2. The number of hydrogen-bond acceptors (Lipinski definition) is 6. The predicted molar refractivity (Wildman–Crippen MR) is 254 cm³/mol. The van der Waals surface area contributed by atoms with Crippen molar-refractivity contribution in [1.82, 2.24) is 0 Å². The minimum absolute atomic E-state index is 0.0112. The van der Waals surface area contributed by atoms with E-state index in [0.717, 1.165) is 21.3 Å². The first-order valence-electron chi connectivity index (χ1n) is 22.7. The Morgan fingerprint density at radius 3 is 1.49 bits per heavy atom. The molecule has 0 radical (unpaired) electrons. The molecule has 0 aliphatic heterocycles. The monoisotopic (exact) mass is 852 g/mol. The molecule has 0 amide bonds. The molecule has 0 saturated heterocycles. The molecule has 0 atom stereocenters. The Labute approximate surface area is 373 Å². The number of aromatic hydroxyl groups is 2. The zero-order chi connectivity index (χ0) is 43.6. The van der Waals surface area contributed by atoms with Crippen molar-refractivity contribution in [2.45, 2.75) is 151 Å². The van der Waals surface area contributed by atoms with Crippen LogP contribution >= 0.6 is 23.5 Å². The van der Waals surface area contributed by atoms with E-state index in [-0.39, 0.29) is 56.8 Å². The normalized spacial score (nSPS) is 16.6. The van der Waals surface area contributed by atoms with E-state index in [0.29, 0.717) is 39.7 Å². The number of benzene rings is 5. The molecule has 0 bridgehead atoms. The molecule has 2 aliphatic carbocycles. The maximum atomic E-state index is 15.1. The van der Waals surface area contributed by atoms with Gasteiger partial charge in [-0.1, -0.05) is 153 Å². The number of fused-ring (bicyclic) bond motifs is 2. The summed E-state index contributed by atoms with van der Waals surface area (Å²) in [5.74, 6) is 0.725. The van der Waals surface area contributed by atoms with Gasteiger partial charge in [0.1, 0.15) is 11.5 Å². The lowest BCUT2D eigenvalue weighted by Crippen LogP contribution is -2.24. The van der Waals surface area contributed by atoms with Gasteiger partial charge in [0.15, 0.2) is 5.78 Å². The van der Waals surface area contributed by atoms with E-state index < -0.39 is 5.78 Å². The Bertz CT molecular complexity index is 2360. The van der Waals surface area contributed by atoms with Gasteiger partial charge < -0.3 is 10.2 Å². The average molecular weight is 853 g/mol. The lowest BCUT2D eigenvalue weighted by atomic mass is 9.77. The van der Waals surface area contributed by atoms with Crippen LogP contribution in [0.3, 0.4) is 0 Å². The Morgan fingerprint density at radius 2 is 1.05 bits per heavy atom. The molecule has 6 heteroatoms. The molecule has 0 heterocycles. The summed E-state index contributed by atoms with van der Waals surface area (Å²) < 4.78 is 0. The molecular formula is C55H64O4S2. The maximum absolute atomic E-state index is 15.1. The smallest absolute Gasteiger partial charge is 0.202 e. The predicted octanol–water partition coefficient (Wildman–Crippen LogP) is 15.4. The van der Waals surface area contributed by atoms with Crippen molar-refractivity contribution in [3.05, 3.63) is 129 Å². The first kappa shape index (κ1) is 44.8. The second kappa shape index (κ2) is 19.0. The van der Waals surface area contributed by atoms with Gasteiger partial charge in [0, 0.05) is 19.6 Å². The summed E-state index contributed by atoms with van der Waals surface area (Å²) in [6, 6.07) is 29.6. The van der Waals surface area contributed by atoms with Crippen molar-refractivity contribution in [3.63, 3.8) is 0 Å². The Morgan fingerprint density at radius 1 is 0.607 bits per heavy atom. The van der Waals surface area contributed by atoms with Crippen molar-refractivity contribution in [2.75, 3.05) is 0 Å². The Kier molecular flexibility index (Phi) is 14.0. The third kappa shape index (κ3) is 10.0. The zero-order valence-electron chi connectivity index (χ0n) is 37.5. The lowest BCUT2D eigenvalue weighted by Gasteiger charge is -2.29. The fraction of sp³-hybridized carbons (Fsp3) is 0.418. The number of phenolic OH excluding ortho intramolecular Hbond substituents is 2. The van der Waals surface area contributed by atoms with E-state index >= 15 is 4.79 Å². The number of unbranched alkanes of at least 4 members (excludes halogenated alkanes) is 2. The molecule has 0 aromatic heterocycles. The minimum atomic E-state index is -0.513. The molecule has 61 heavy (non-hydrogen) atoms. The van der Waals surface area contributed by atoms with E-state index in [1.807, 2.05) is 12.1 Å². The van der Waals surface area contributed by atoms with Crippen LogP contribution in [0.25, 0.3) is 11.1 Å². The molecule has 5 aromatic rings. The van der Waals surface area contributed by atoms with Crippen LogP contribution in [-0.4, -0.2) is 21.8 Å². The van der Waals surface area contributed by atoms with Crippen LogP contribution in [0.1, 0.15) is 167 Å². The number of hydrogen-bond donors (Lipinski definition) is 2. The van der Waals surface area contributed by atoms with E-state index in [4.69, 9.17) is 0 Å². The highest BCUT2D eigenvalue weighted by molar-refractivity contribution is 7.99. The molecule has 0 spiro atoms. The molecule has 1 saturated carbocycles. The third-order valence-corrected chi connectivity index (χ3v) is 14.8. The molecule has 0 unspecified atom stereocenters. The minimum Gasteiger partial charge on any atom is -0.507 e. The maximum Gasteiger partial charge on any atom is 0.202 e. The topological polar surface area (TPSA) is 74.6 Å². The van der Waals surface area contributed by atoms with Crippen LogP contribution in [-0.2, 0) is 18.3 Å². The average Bonchev–Trinajstić information content (AvgIpc) is 3.22. The zero-order valence-corrected chi connectivity index (χ0v) is 39.1. The van der Waals surface area contributed by atoms with Gasteiger partial charge in [0.05, 0.1) is 22.3 Å². The summed E-state index contributed by atoms with van der Waals surface area (Å²) in [5, 5.41) is 23.6. The van der Waals surface area contributed by atoms with Crippen LogP contribution in [0.5, 0.6) is 11.5 Å². The largest absolute Gasteiger partial charge is 0.507 e. The fourth-order valence-electron chi connectivity index (χ4n) is 9.30. The van der Waals surface area contributed by atoms with Gasteiger partial charge >= 0.3 is 0 Å². The molecule has 320 valence electrons. The van der Waals surface area contributed by atoms with Crippen molar-refractivity contribution < 1.29 is 19.8 Å². The van der Waals surface area contributed by atoms with Gasteiger partial charge in [-0.15, -0.1) is 0 Å². The van der Waals surface area contributed by atoms with Crippen LogP contribution in [0, 0.1) is 17.8 Å².